The van der Waals surface area contributed by atoms with Gasteiger partial charge in [0.05, 0.1) is 32.5 Å². The van der Waals surface area contributed by atoms with Crippen molar-refractivity contribution in [1.82, 2.24) is 0 Å². The van der Waals surface area contributed by atoms with E-state index in [0.29, 0.717) is 46.2 Å². The van der Waals surface area contributed by atoms with Gasteiger partial charge >= 0.3 is 11.9 Å². The van der Waals surface area contributed by atoms with Crippen LogP contribution in [0.4, 0.5) is 0 Å². The zero-order valence-corrected chi connectivity index (χ0v) is 37.9. The largest absolute Gasteiger partial charge is 0.507 e. The molecule has 1 aliphatic heterocycles. The Balaban J connectivity index is 0.892. The molecule has 10 heteroatoms. The average molecular weight is 841 g/mol. The van der Waals surface area contributed by atoms with Gasteiger partial charge in [0.1, 0.15) is 35.0 Å². The van der Waals surface area contributed by atoms with E-state index in [1.54, 1.807) is 17.7 Å². The molecule has 4 fully saturated rings. The predicted octanol–water partition coefficient (Wildman–Crippen LogP) is 10.9. The molecule has 10 nitrogen and oxygen atoms in total. The molecular formula is C51H68O10. The van der Waals surface area contributed by atoms with Crippen molar-refractivity contribution in [2.45, 2.75) is 150 Å². The van der Waals surface area contributed by atoms with Gasteiger partial charge in [0.15, 0.2) is 17.3 Å². The number of hydrogen-bond donors (Lipinski definition) is 2. The van der Waals surface area contributed by atoms with Gasteiger partial charge in [-0.1, -0.05) is 66.2 Å². The standard InChI is InChI=1S/C51H68O10/c1-47(2)40-18-21-49(5)28-30-11-14-39-48(3,4)43(20-22-50(39,6)32(30)12-15-41(49)51(40,7)23-19-42(47)58-9)61-45(56)17-16-44(55)59-31-25-34(53)46-35(54)27-37(60-38(46)26-31)29-10-13-36(57-8)33(52)24-29/h10-11,13,24-26,32,37,39-43,52-53H,12,14-23,27-28H2,1-9H3/t32-,37-,39-,40-,41-,42+,43+,49-,50+,51-/m0/s1. The number of ether oxygens (including phenoxy) is 5. The number of rotatable bonds is 8. The van der Waals surface area contributed by atoms with Gasteiger partial charge in [0.25, 0.3) is 0 Å². The second-order valence-electron chi connectivity index (χ2n) is 21.6. The van der Waals surface area contributed by atoms with Crippen LogP contribution in [0.15, 0.2) is 42.0 Å². The summed E-state index contributed by atoms with van der Waals surface area (Å²) in [6.07, 6.45) is 12.9. The second kappa shape index (κ2) is 15.6. The maximum absolute atomic E-state index is 13.4. The topological polar surface area (TPSA) is 138 Å². The highest BCUT2D eigenvalue weighted by Gasteiger charge is 2.63. The summed E-state index contributed by atoms with van der Waals surface area (Å²) in [6, 6.07) is 7.32. The minimum absolute atomic E-state index is 0.00312. The zero-order valence-electron chi connectivity index (χ0n) is 37.9. The first-order valence-corrected chi connectivity index (χ1v) is 22.8. The second-order valence-corrected chi connectivity index (χ2v) is 21.6. The molecular weight excluding hydrogens is 773 g/mol. The van der Waals surface area contributed by atoms with Crippen LogP contribution in [0.3, 0.4) is 0 Å². The van der Waals surface area contributed by atoms with Gasteiger partial charge in [0.2, 0.25) is 0 Å². The number of methoxy groups -OCH3 is 2. The first kappa shape index (κ1) is 43.6. The highest BCUT2D eigenvalue weighted by atomic mass is 16.6. The van der Waals surface area contributed by atoms with Gasteiger partial charge in [-0.2, -0.15) is 0 Å². The molecule has 0 amide bonds. The Morgan fingerprint density at radius 2 is 1.48 bits per heavy atom. The number of phenols is 2. The normalized spacial score (nSPS) is 35.9. The molecule has 10 atom stereocenters. The first-order valence-electron chi connectivity index (χ1n) is 22.8. The Hall–Kier alpha value is -4.05. The quantitative estimate of drug-likeness (QED) is 0.150. The summed E-state index contributed by atoms with van der Waals surface area (Å²) in [5.74, 6) is 0.639. The van der Waals surface area contributed by atoms with Gasteiger partial charge in [-0.25, -0.2) is 0 Å². The van der Waals surface area contributed by atoms with Gasteiger partial charge in [-0.3, -0.25) is 14.4 Å². The van der Waals surface area contributed by atoms with Gasteiger partial charge < -0.3 is 33.9 Å². The minimum atomic E-state index is -0.740. The maximum Gasteiger partial charge on any atom is 0.311 e. The fourth-order valence-electron chi connectivity index (χ4n) is 14.7. The van der Waals surface area contributed by atoms with Crippen molar-refractivity contribution in [2.75, 3.05) is 14.2 Å². The number of esters is 2. The highest BCUT2D eigenvalue weighted by molar-refractivity contribution is 6.02. The van der Waals surface area contributed by atoms with Crippen LogP contribution in [0.1, 0.15) is 154 Å². The summed E-state index contributed by atoms with van der Waals surface area (Å²) < 4.78 is 29.1. The molecule has 5 aliphatic carbocycles. The molecule has 2 aromatic carbocycles. The Bertz CT molecular complexity index is 2100. The lowest BCUT2D eigenvalue weighted by Crippen LogP contribution is -2.58. The molecule has 1 heterocycles. The molecule has 0 bridgehead atoms. The summed E-state index contributed by atoms with van der Waals surface area (Å²) in [4.78, 5) is 39.5. The summed E-state index contributed by atoms with van der Waals surface area (Å²) in [6.45, 7) is 17.3. The SMILES string of the molecule is COc1ccc([C@@H]2CC(=O)c3c(O)cc(OC(=O)CCC(=O)O[C@@H]4CC[C@]5(C)[C@H]6CC[C@H]7[C@@](C)(CC[C@H]8C(C)(C)[C@H](OC)CC[C@@]87C)CC6=CC[C@H]5C4(C)C)cc3O2)cc1O. The third-order valence-electron chi connectivity index (χ3n) is 17.7. The van der Waals surface area contributed by atoms with Crippen LogP contribution in [-0.4, -0.2) is 54.4 Å². The number of ketones is 1. The van der Waals surface area contributed by atoms with Crippen LogP contribution in [0.25, 0.3) is 0 Å². The van der Waals surface area contributed by atoms with Crippen LogP contribution in [0, 0.1) is 50.7 Å². The molecule has 61 heavy (non-hydrogen) atoms. The predicted molar refractivity (Wildman–Crippen MR) is 231 cm³/mol. The number of hydrogen-bond acceptors (Lipinski definition) is 10. The van der Waals surface area contributed by atoms with E-state index < -0.39 is 18.0 Å². The summed E-state index contributed by atoms with van der Waals surface area (Å²) in [7, 11) is 3.34. The molecule has 2 aromatic rings. The lowest BCUT2D eigenvalue weighted by atomic mass is 9.42. The van der Waals surface area contributed by atoms with Crippen molar-refractivity contribution < 1.29 is 48.3 Å². The molecule has 4 saturated carbocycles. The fourth-order valence-corrected chi connectivity index (χ4v) is 14.7. The number of carbonyl (C=O) groups is 3. The van der Waals surface area contributed by atoms with Gasteiger partial charge in [-0.15, -0.1) is 0 Å². The number of Topliss-reactive ketones (excluding diaryl/α,β-unsaturated/α-hetero) is 1. The molecule has 0 spiro atoms. The van der Waals surface area contributed by atoms with Crippen LogP contribution < -0.4 is 14.2 Å². The fraction of sp³-hybridized carbons (Fsp3) is 0.667. The summed E-state index contributed by atoms with van der Waals surface area (Å²) in [5.41, 5.74) is 2.86. The van der Waals surface area contributed by atoms with E-state index in [1.807, 2.05) is 7.11 Å². The van der Waals surface area contributed by atoms with E-state index in [9.17, 15) is 24.6 Å². The number of allylic oxidation sites excluding steroid dienone is 2. The summed E-state index contributed by atoms with van der Waals surface area (Å²) >= 11 is 0. The van der Waals surface area contributed by atoms with Crippen LogP contribution in [-0.2, 0) is 19.1 Å². The van der Waals surface area contributed by atoms with Crippen molar-refractivity contribution in [2.24, 2.45) is 50.7 Å². The first-order chi connectivity index (χ1) is 28.7. The van der Waals surface area contributed by atoms with Crippen molar-refractivity contribution in [3.8, 4) is 28.7 Å². The van der Waals surface area contributed by atoms with E-state index in [0.717, 1.165) is 25.7 Å². The van der Waals surface area contributed by atoms with E-state index in [4.69, 9.17) is 23.7 Å². The molecule has 0 radical (unpaired) electrons. The third kappa shape index (κ3) is 7.34. The van der Waals surface area contributed by atoms with E-state index in [1.165, 1.54) is 63.8 Å². The zero-order chi connectivity index (χ0) is 43.9. The Kier molecular flexibility index (Phi) is 11.2. The molecule has 2 N–H and O–H groups in total. The van der Waals surface area contributed by atoms with E-state index in [2.05, 4.69) is 54.5 Å². The minimum Gasteiger partial charge on any atom is -0.507 e. The third-order valence-corrected chi connectivity index (χ3v) is 17.7. The van der Waals surface area contributed by atoms with Gasteiger partial charge in [0, 0.05) is 24.7 Å². The summed E-state index contributed by atoms with van der Waals surface area (Å²) in [5, 5.41) is 21.0. The number of phenolic OH excluding ortho intramolecular Hbond substituents is 2. The number of carbonyl (C=O) groups excluding carboxylic acids is 3. The number of benzene rings is 2. The number of aromatic hydroxyl groups is 2. The smallest absolute Gasteiger partial charge is 0.311 e. The molecule has 0 saturated heterocycles. The maximum atomic E-state index is 13.4. The van der Waals surface area contributed by atoms with Crippen LogP contribution >= 0.6 is 0 Å². The van der Waals surface area contributed by atoms with Crippen LogP contribution in [0.2, 0.25) is 0 Å². The Labute approximate surface area is 362 Å². The monoisotopic (exact) mass is 840 g/mol. The van der Waals surface area contributed by atoms with Gasteiger partial charge in [-0.05, 0) is 127 Å². The molecule has 8 rings (SSSR count). The van der Waals surface area contributed by atoms with Crippen molar-refractivity contribution in [3.05, 3.63) is 53.1 Å². The lowest BCUT2D eigenvalue weighted by molar-refractivity contribution is -0.178. The molecule has 6 aliphatic rings. The molecule has 0 unspecified atom stereocenters. The van der Waals surface area contributed by atoms with E-state index >= 15 is 0 Å². The number of fused-ring (bicyclic) bond motifs is 7. The van der Waals surface area contributed by atoms with Crippen LogP contribution in [0.5, 0.6) is 28.7 Å². The van der Waals surface area contributed by atoms with Crippen molar-refractivity contribution >= 4 is 17.7 Å². The van der Waals surface area contributed by atoms with Crippen molar-refractivity contribution in [1.29, 1.82) is 0 Å². The highest BCUT2D eigenvalue weighted by Crippen LogP contribution is 2.70. The molecule has 332 valence electrons. The van der Waals surface area contributed by atoms with E-state index in [-0.39, 0.29) is 81.7 Å². The lowest BCUT2D eigenvalue weighted by Gasteiger charge is -2.64. The Morgan fingerprint density at radius 3 is 2.20 bits per heavy atom. The van der Waals surface area contributed by atoms with Crippen molar-refractivity contribution in [3.63, 3.8) is 0 Å². The average Bonchev–Trinajstić information content (AvgIpc) is 3.35. The Morgan fingerprint density at radius 1 is 0.770 bits per heavy atom. The molecule has 0 aromatic heterocycles.